The Labute approximate surface area is 136 Å². The number of ether oxygens (including phenoxy) is 1. The SMILES string of the molecule is COC(=O)c1cccc(Cl)c1S(=O)(=O)NC(=O)c1cc(C)on1. The van der Waals surface area contributed by atoms with Gasteiger partial charge in [0.05, 0.1) is 17.7 Å². The lowest BCUT2D eigenvalue weighted by molar-refractivity contribution is 0.0596. The molecule has 0 atom stereocenters. The molecule has 1 N–H and O–H groups in total. The summed E-state index contributed by atoms with van der Waals surface area (Å²) in [5.41, 5.74) is -0.519. The quantitative estimate of drug-likeness (QED) is 0.824. The molecule has 2 aromatic rings. The van der Waals surface area contributed by atoms with E-state index in [2.05, 4.69) is 9.89 Å². The molecule has 0 aliphatic rings. The summed E-state index contributed by atoms with van der Waals surface area (Å²) >= 11 is 5.88. The highest BCUT2D eigenvalue weighted by Gasteiger charge is 2.29. The van der Waals surface area contributed by atoms with E-state index in [0.717, 1.165) is 7.11 Å². The minimum atomic E-state index is -4.43. The predicted octanol–water partition coefficient (Wildman–Crippen LogP) is 1.54. The number of nitrogens with one attached hydrogen (secondary N) is 1. The average molecular weight is 359 g/mol. The van der Waals surface area contributed by atoms with Crippen LogP contribution in [0.4, 0.5) is 0 Å². The molecule has 0 aliphatic heterocycles. The minimum Gasteiger partial charge on any atom is -0.465 e. The van der Waals surface area contributed by atoms with Crippen LogP contribution in [0.2, 0.25) is 5.02 Å². The van der Waals surface area contributed by atoms with Gasteiger partial charge in [0.1, 0.15) is 10.7 Å². The number of aryl methyl sites for hydroxylation is 1. The lowest BCUT2D eigenvalue weighted by Crippen LogP contribution is -2.32. The maximum atomic E-state index is 12.4. The smallest absolute Gasteiger partial charge is 0.339 e. The van der Waals surface area contributed by atoms with Crippen LogP contribution in [0.3, 0.4) is 0 Å². The molecule has 0 saturated carbocycles. The van der Waals surface area contributed by atoms with Gasteiger partial charge in [-0.15, -0.1) is 0 Å². The van der Waals surface area contributed by atoms with E-state index in [0.29, 0.717) is 5.76 Å². The van der Waals surface area contributed by atoms with E-state index >= 15 is 0 Å². The summed E-state index contributed by atoms with van der Waals surface area (Å²) < 4.78 is 35.8. The first kappa shape index (κ1) is 17.0. The molecular formula is C13H11ClN2O6S. The molecule has 0 bridgehead atoms. The van der Waals surface area contributed by atoms with Gasteiger partial charge in [0, 0.05) is 6.07 Å². The summed E-state index contributed by atoms with van der Waals surface area (Å²) in [5.74, 6) is -1.59. The van der Waals surface area contributed by atoms with Crippen molar-refractivity contribution in [3.8, 4) is 0 Å². The van der Waals surface area contributed by atoms with Gasteiger partial charge < -0.3 is 9.26 Å². The normalized spacial score (nSPS) is 11.1. The van der Waals surface area contributed by atoms with Crippen LogP contribution in [0.5, 0.6) is 0 Å². The number of carbonyl (C=O) groups is 2. The van der Waals surface area contributed by atoms with E-state index in [4.69, 9.17) is 16.1 Å². The highest BCUT2D eigenvalue weighted by atomic mass is 35.5. The highest BCUT2D eigenvalue weighted by molar-refractivity contribution is 7.90. The number of halogens is 1. The number of hydrogen-bond acceptors (Lipinski definition) is 7. The summed E-state index contributed by atoms with van der Waals surface area (Å²) in [4.78, 5) is 23.1. The number of benzene rings is 1. The fraction of sp³-hybridized carbons (Fsp3) is 0.154. The van der Waals surface area contributed by atoms with Crippen LogP contribution in [0.1, 0.15) is 26.6 Å². The van der Waals surface area contributed by atoms with Crippen LogP contribution in [-0.4, -0.2) is 32.6 Å². The Morgan fingerprint density at radius 2 is 2.04 bits per heavy atom. The van der Waals surface area contributed by atoms with Crippen LogP contribution in [0.15, 0.2) is 33.7 Å². The fourth-order valence-electron chi connectivity index (χ4n) is 1.75. The van der Waals surface area contributed by atoms with E-state index in [-0.39, 0.29) is 16.3 Å². The topological polar surface area (TPSA) is 116 Å². The Morgan fingerprint density at radius 1 is 1.35 bits per heavy atom. The number of aromatic nitrogens is 1. The second kappa shape index (κ2) is 6.39. The Morgan fingerprint density at radius 3 is 2.61 bits per heavy atom. The van der Waals surface area contributed by atoms with Crippen molar-refractivity contribution in [2.75, 3.05) is 7.11 Å². The Kier molecular flexibility index (Phi) is 4.71. The average Bonchev–Trinajstić information content (AvgIpc) is 2.92. The third-order valence-corrected chi connectivity index (χ3v) is 4.59. The molecule has 1 heterocycles. The van der Waals surface area contributed by atoms with Gasteiger partial charge in [-0.3, -0.25) is 4.79 Å². The molecule has 2 rings (SSSR count). The minimum absolute atomic E-state index is 0.224. The summed E-state index contributed by atoms with van der Waals surface area (Å²) in [5, 5.41) is 3.18. The van der Waals surface area contributed by atoms with Crippen LogP contribution in [0, 0.1) is 6.92 Å². The van der Waals surface area contributed by atoms with Crippen LogP contribution >= 0.6 is 11.6 Å². The van der Waals surface area contributed by atoms with E-state index < -0.39 is 26.8 Å². The van der Waals surface area contributed by atoms with E-state index in [9.17, 15) is 18.0 Å². The molecular weight excluding hydrogens is 348 g/mol. The summed E-state index contributed by atoms with van der Waals surface area (Å²) in [6.45, 7) is 1.54. The van der Waals surface area contributed by atoms with Crippen LogP contribution in [-0.2, 0) is 14.8 Å². The van der Waals surface area contributed by atoms with Crippen molar-refractivity contribution in [3.05, 3.63) is 46.3 Å². The summed E-state index contributed by atoms with van der Waals surface area (Å²) in [7, 11) is -3.34. The number of sulfonamides is 1. The molecule has 0 fully saturated rings. The summed E-state index contributed by atoms with van der Waals surface area (Å²) in [6.07, 6.45) is 0. The molecule has 0 aliphatic carbocycles. The molecule has 0 saturated heterocycles. The molecule has 1 aromatic carbocycles. The van der Waals surface area contributed by atoms with Crippen molar-refractivity contribution in [1.29, 1.82) is 0 Å². The molecule has 0 spiro atoms. The molecule has 0 unspecified atom stereocenters. The van der Waals surface area contributed by atoms with E-state index in [1.165, 1.54) is 24.3 Å². The predicted molar refractivity (Wildman–Crippen MR) is 78.7 cm³/mol. The van der Waals surface area contributed by atoms with Crippen molar-refractivity contribution in [2.24, 2.45) is 0 Å². The molecule has 23 heavy (non-hydrogen) atoms. The van der Waals surface area contributed by atoms with Crippen molar-refractivity contribution in [2.45, 2.75) is 11.8 Å². The van der Waals surface area contributed by atoms with Crippen molar-refractivity contribution in [1.82, 2.24) is 9.88 Å². The van der Waals surface area contributed by atoms with Gasteiger partial charge in [-0.2, -0.15) is 0 Å². The number of hydrogen-bond donors (Lipinski definition) is 1. The molecule has 0 radical (unpaired) electrons. The van der Waals surface area contributed by atoms with Gasteiger partial charge in [-0.05, 0) is 19.1 Å². The van der Waals surface area contributed by atoms with Gasteiger partial charge in [-0.1, -0.05) is 22.8 Å². The first-order valence-electron chi connectivity index (χ1n) is 6.13. The maximum Gasteiger partial charge on any atom is 0.339 e. The zero-order valence-electron chi connectivity index (χ0n) is 12.0. The van der Waals surface area contributed by atoms with Crippen LogP contribution in [0.25, 0.3) is 0 Å². The maximum absolute atomic E-state index is 12.4. The highest BCUT2D eigenvalue weighted by Crippen LogP contribution is 2.26. The molecule has 122 valence electrons. The molecule has 1 amide bonds. The Hall–Kier alpha value is -2.39. The zero-order chi connectivity index (χ0) is 17.2. The Balaban J connectivity index is 2.44. The first-order valence-corrected chi connectivity index (χ1v) is 7.99. The summed E-state index contributed by atoms with van der Waals surface area (Å²) in [6, 6.07) is 5.14. The van der Waals surface area contributed by atoms with Gasteiger partial charge in [0.2, 0.25) is 0 Å². The third kappa shape index (κ3) is 3.51. The van der Waals surface area contributed by atoms with Crippen molar-refractivity contribution >= 4 is 33.5 Å². The number of amides is 1. The first-order chi connectivity index (χ1) is 10.8. The van der Waals surface area contributed by atoms with Gasteiger partial charge in [0.15, 0.2) is 5.69 Å². The number of methoxy groups -OCH3 is 1. The van der Waals surface area contributed by atoms with E-state index in [1.54, 1.807) is 11.6 Å². The molecule has 1 aromatic heterocycles. The number of carbonyl (C=O) groups excluding carboxylic acids is 2. The van der Waals surface area contributed by atoms with Crippen molar-refractivity contribution in [3.63, 3.8) is 0 Å². The largest absolute Gasteiger partial charge is 0.465 e. The van der Waals surface area contributed by atoms with Crippen LogP contribution < -0.4 is 4.72 Å². The van der Waals surface area contributed by atoms with Gasteiger partial charge in [0.25, 0.3) is 15.9 Å². The lowest BCUT2D eigenvalue weighted by Gasteiger charge is -2.11. The molecule has 8 nitrogen and oxygen atoms in total. The zero-order valence-corrected chi connectivity index (χ0v) is 13.6. The lowest BCUT2D eigenvalue weighted by atomic mass is 10.2. The Bertz CT molecular complexity index is 874. The second-order valence-electron chi connectivity index (χ2n) is 4.37. The number of esters is 1. The number of nitrogens with zero attached hydrogens (tertiary/aromatic N) is 1. The monoisotopic (exact) mass is 358 g/mol. The van der Waals surface area contributed by atoms with E-state index in [1.807, 2.05) is 0 Å². The van der Waals surface area contributed by atoms with Gasteiger partial charge >= 0.3 is 5.97 Å². The van der Waals surface area contributed by atoms with Gasteiger partial charge in [-0.25, -0.2) is 17.9 Å². The van der Waals surface area contributed by atoms with Crippen molar-refractivity contribution < 1.29 is 27.3 Å². The number of rotatable bonds is 4. The second-order valence-corrected chi connectivity index (χ2v) is 6.39. The fourth-order valence-corrected chi connectivity index (χ4v) is 3.45. The molecule has 10 heteroatoms. The third-order valence-electron chi connectivity index (χ3n) is 2.73. The standard InChI is InChI=1S/C13H11ClN2O6S/c1-7-6-10(15-22-7)12(17)16-23(19,20)11-8(13(18)21-2)4-3-5-9(11)14/h3-6H,1-2H3,(H,16,17).